The van der Waals surface area contributed by atoms with E-state index in [1.807, 2.05) is 10.7 Å². The van der Waals surface area contributed by atoms with E-state index >= 15 is 0 Å². The standard InChI is InChI=1S/C19H21FN6O/c1-27-18-4-3-14(9-17(18)20)12-25-7-8-26-16(13-25)10-15(24-26)11-23-19-21-5-2-6-22-19/h2-6,9-10H,7-8,11-13H2,1H3,(H,21,22,23). The molecule has 140 valence electrons. The third-order valence-electron chi connectivity index (χ3n) is 4.54. The first kappa shape index (κ1) is 17.4. The fourth-order valence-corrected chi connectivity index (χ4v) is 3.23. The summed E-state index contributed by atoms with van der Waals surface area (Å²) in [5.74, 6) is 0.537. The predicted octanol–water partition coefficient (Wildman–Crippen LogP) is 2.45. The maximum Gasteiger partial charge on any atom is 0.222 e. The fourth-order valence-electron chi connectivity index (χ4n) is 3.23. The van der Waals surface area contributed by atoms with Gasteiger partial charge >= 0.3 is 0 Å². The number of methoxy groups -OCH3 is 1. The number of hydrogen-bond acceptors (Lipinski definition) is 6. The van der Waals surface area contributed by atoms with Crippen LogP contribution in [0.25, 0.3) is 0 Å². The van der Waals surface area contributed by atoms with Gasteiger partial charge in [0.25, 0.3) is 0 Å². The molecule has 7 nitrogen and oxygen atoms in total. The van der Waals surface area contributed by atoms with E-state index in [4.69, 9.17) is 4.74 Å². The minimum Gasteiger partial charge on any atom is -0.494 e. The van der Waals surface area contributed by atoms with Gasteiger partial charge in [-0.25, -0.2) is 14.4 Å². The van der Waals surface area contributed by atoms with Crippen LogP contribution in [-0.2, 0) is 26.2 Å². The van der Waals surface area contributed by atoms with Crippen LogP contribution in [-0.4, -0.2) is 38.3 Å². The Labute approximate surface area is 156 Å². The zero-order chi connectivity index (χ0) is 18.6. The van der Waals surface area contributed by atoms with Crippen LogP contribution < -0.4 is 10.1 Å². The molecule has 27 heavy (non-hydrogen) atoms. The molecular weight excluding hydrogens is 347 g/mol. The number of hydrogen-bond donors (Lipinski definition) is 1. The first-order valence-corrected chi connectivity index (χ1v) is 8.82. The van der Waals surface area contributed by atoms with E-state index in [2.05, 4.69) is 31.3 Å². The molecule has 0 atom stereocenters. The topological polar surface area (TPSA) is 68.1 Å². The third-order valence-corrected chi connectivity index (χ3v) is 4.54. The molecule has 1 aliphatic rings. The van der Waals surface area contributed by atoms with E-state index in [9.17, 15) is 4.39 Å². The lowest BCUT2D eigenvalue weighted by molar-refractivity contribution is 0.205. The summed E-state index contributed by atoms with van der Waals surface area (Å²) in [6.45, 7) is 3.74. The zero-order valence-electron chi connectivity index (χ0n) is 15.1. The molecule has 0 saturated carbocycles. The van der Waals surface area contributed by atoms with E-state index in [0.29, 0.717) is 19.0 Å². The Kier molecular flexibility index (Phi) is 4.97. The molecule has 0 amide bonds. The molecule has 3 aromatic rings. The summed E-state index contributed by atoms with van der Waals surface area (Å²) < 4.78 is 20.9. The number of rotatable bonds is 6. The summed E-state index contributed by atoms with van der Waals surface area (Å²) in [5, 5.41) is 7.81. The monoisotopic (exact) mass is 368 g/mol. The first-order valence-electron chi connectivity index (χ1n) is 8.82. The molecule has 0 bridgehead atoms. The average molecular weight is 368 g/mol. The van der Waals surface area contributed by atoms with Gasteiger partial charge in [-0.05, 0) is 29.8 Å². The van der Waals surface area contributed by atoms with Crippen LogP contribution in [0.2, 0.25) is 0 Å². The van der Waals surface area contributed by atoms with Crippen molar-refractivity contribution in [3.8, 4) is 5.75 Å². The van der Waals surface area contributed by atoms with E-state index in [0.717, 1.165) is 36.6 Å². The lowest BCUT2D eigenvalue weighted by Crippen LogP contribution is -2.33. The second kappa shape index (κ2) is 7.71. The van der Waals surface area contributed by atoms with Crippen molar-refractivity contribution in [2.24, 2.45) is 0 Å². The smallest absolute Gasteiger partial charge is 0.222 e. The highest BCUT2D eigenvalue weighted by molar-refractivity contribution is 5.29. The van der Waals surface area contributed by atoms with Gasteiger partial charge in [0.2, 0.25) is 5.95 Å². The molecular formula is C19H21FN6O. The van der Waals surface area contributed by atoms with Crippen LogP contribution in [0.4, 0.5) is 10.3 Å². The third kappa shape index (κ3) is 4.06. The lowest BCUT2D eigenvalue weighted by atomic mass is 10.1. The summed E-state index contributed by atoms with van der Waals surface area (Å²) in [6, 6.07) is 9.00. The Morgan fingerprint density at radius 1 is 1.19 bits per heavy atom. The molecule has 0 fully saturated rings. The lowest BCUT2D eigenvalue weighted by Gasteiger charge is -2.27. The van der Waals surface area contributed by atoms with Crippen molar-refractivity contribution in [2.75, 3.05) is 19.0 Å². The molecule has 8 heteroatoms. The van der Waals surface area contributed by atoms with Crippen molar-refractivity contribution in [1.82, 2.24) is 24.6 Å². The summed E-state index contributed by atoms with van der Waals surface area (Å²) in [4.78, 5) is 10.6. The number of nitrogens with one attached hydrogen (secondary N) is 1. The number of benzene rings is 1. The Morgan fingerprint density at radius 3 is 2.81 bits per heavy atom. The molecule has 0 radical (unpaired) electrons. The number of nitrogens with zero attached hydrogens (tertiary/aromatic N) is 5. The normalized spacial score (nSPS) is 14.0. The molecule has 1 N–H and O–H groups in total. The second-order valence-corrected chi connectivity index (χ2v) is 6.46. The number of aromatic nitrogens is 4. The predicted molar refractivity (Wildman–Crippen MR) is 98.7 cm³/mol. The number of anilines is 1. The van der Waals surface area contributed by atoms with Crippen LogP contribution in [0.5, 0.6) is 5.75 Å². The maximum absolute atomic E-state index is 13.9. The Balaban J connectivity index is 1.38. The Morgan fingerprint density at radius 2 is 2.04 bits per heavy atom. The Hall–Kier alpha value is -3.00. The van der Waals surface area contributed by atoms with Gasteiger partial charge in [0.15, 0.2) is 11.6 Å². The van der Waals surface area contributed by atoms with Crippen molar-refractivity contribution in [3.63, 3.8) is 0 Å². The molecule has 0 unspecified atom stereocenters. The highest BCUT2D eigenvalue weighted by Gasteiger charge is 2.19. The van der Waals surface area contributed by atoms with E-state index < -0.39 is 0 Å². The fraction of sp³-hybridized carbons (Fsp3) is 0.316. The van der Waals surface area contributed by atoms with Crippen molar-refractivity contribution < 1.29 is 9.13 Å². The molecule has 0 spiro atoms. The number of halogens is 1. The van der Waals surface area contributed by atoms with Gasteiger partial charge in [-0.1, -0.05) is 6.07 Å². The van der Waals surface area contributed by atoms with Crippen molar-refractivity contribution in [3.05, 3.63) is 65.5 Å². The highest BCUT2D eigenvalue weighted by Crippen LogP contribution is 2.21. The van der Waals surface area contributed by atoms with Crippen LogP contribution in [0.1, 0.15) is 17.0 Å². The molecule has 0 aliphatic carbocycles. The molecule has 0 saturated heterocycles. The van der Waals surface area contributed by atoms with Crippen molar-refractivity contribution in [1.29, 1.82) is 0 Å². The molecule has 4 rings (SSSR count). The van der Waals surface area contributed by atoms with Gasteiger partial charge < -0.3 is 10.1 Å². The first-order chi connectivity index (χ1) is 13.2. The average Bonchev–Trinajstić information content (AvgIpc) is 3.10. The van der Waals surface area contributed by atoms with Gasteiger partial charge in [-0.15, -0.1) is 0 Å². The highest BCUT2D eigenvalue weighted by atomic mass is 19.1. The molecule has 1 aromatic carbocycles. The van der Waals surface area contributed by atoms with Crippen LogP contribution in [0, 0.1) is 5.82 Å². The van der Waals surface area contributed by atoms with Crippen molar-refractivity contribution >= 4 is 5.95 Å². The summed E-state index contributed by atoms with van der Waals surface area (Å²) in [6.07, 6.45) is 3.40. The van der Waals surface area contributed by atoms with Crippen molar-refractivity contribution in [2.45, 2.75) is 26.2 Å². The Bertz CT molecular complexity index is 914. The van der Waals surface area contributed by atoms with Crippen LogP contribution >= 0.6 is 0 Å². The molecule has 2 aromatic heterocycles. The van der Waals surface area contributed by atoms with E-state index in [-0.39, 0.29) is 11.6 Å². The van der Waals surface area contributed by atoms with Gasteiger partial charge in [-0.2, -0.15) is 5.10 Å². The minimum atomic E-state index is -0.325. The molecule has 1 aliphatic heterocycles. The summed E-state index contributed by atoms with van der Waals surface area (Å²) in [7, 11) is 1.47. The van der Waals surface area contributed by atoms with Gasteiger partial charge in [0.1, 0.15) is 0 Å². The number of ether oxygens (including phenoxy) is 1. The van der Waals surface area contributed by atoms with E-state index in [1.54, 1.807) is 30.6 Å². The minimum absolute atomic E-state index is 0.273. The maximum atomic E-state index is 13.9. The van der Waals surface area contributed by atoms with Gasteiger partial charge in [0, 0.05) is 32.0 Å². The summed E-state index contributed by atoms with van der Waals surface area (Å²) in [5.41, 5.74) is 3.04. The van der Waals surface area contributed by atoms with Gasteiger partial charge in [-0.3, -0.25) is 9.58 Å². The van der Waals surface area contributed by atoms with Crippen LogP contribution in [0.3, 0.4) is 0 Å². The largest absolute Gasteiger partial charge is 0.494 e. The van der Waals surface area contributed by atoms with Crippen LogP contribution in [0.15, 0.2) is 42.7 Å². The molecule has 3 heterocycles. The summed E-state index contributed by atoms with van der Waals surface area (Å²) >= 11 is 0. The van der Waals surface area contributed by atoms with Gasteiger partial charge in [0.05, 0.1) is 31.6 Å². The quantitative estimate of drug-likeness (QED) is 0.721. The second-order valence-electron chi connectivity index (χ2n) is 6.46. The van der Waals surface area contributed by atoms with E-state index in [1.165, 1.54) is 7.11 Å². The number of fused-ring (bicyclic) bond motifs is 1. The SMILES string of the molecule is COc1ccc(CN2CCn3nc(CNc4ncccn4)cc3C2)cc1F. The zero-order valence-corrected chi connectivity index (χ0v) is 15.1.